The molecule has 0 aliphatic carbocycles. The number of carbonyl (C=O) groups is 2. The number of hydrogen-bond donors (Lipinski definition) is 2. The molecule has 3 aromatic carbocycles. The first-order valence-electron chi connectivity index (χ1n) is 11.1. The van der Waals surface area contributed by atoms with E-state index in [-0.39, 0.29) is 50.7 Å². The van der Waals surface area contributed by atoms with Crippen molar-refractivity contribution in [2.45, 2.75) is 24.6 Å². The van der Waals surface area contributed by atoms with Gasteiger partial charge in [-0.2, -0.15) is 13.2 Å². The Labute approximate surface area is 224 Å². The Morgan fingerprint density at radius 2 is 1.71 bits per heavy atom. The molecule has 200 valence electrons. The number of carboxylic acids is 1. The van der Waals surface area contributed by atoms with E-state index in [1.54, 1.807) is 0 Å². The fourth-order valence-corrected chi connectivity index (χ4v) is 4.71. The van der Waals surface area contributed by atoms with Gasteiger partial charge in [0.15, 0.2) is 12.2 Å². The molecule has 1 aliphatic rings. The first kappa shape index (κ1) is 27.6. The Hall–Kier alpha value is -3.47. The summed E-state index contributed by atoms with van der Waals surface area (Å²) in [6.07, 6.45) is -5.15. The largest absolute Gasteiger partial charge is 0.482 e. The van der Waals surface area contributed by atoms with Crippen LogP contribution in [0, 0.1) is 0 Å². The van der Waals surface area contributed by atoms with Crippen LogP contribution in [0.4, 0.5) is 18.9 Å². The molecule has 2 N–H and O–H groups in total. The highest BCUT2D eigenvalue weighted by Gasteiger charge is 2.59. The van der Waals surface area contributed by atoms with E-state index in [4.69, 9.17) is 37.8 Å². The number of aliphatic hydroxyl groups is 1. The molecule has 0 saturated carbocycles. The highest BCUT2D eigenvalue weighted by atomic mass is 35.5. The fourth-order valence-electron chi connectivity index (χ4n) is 4.18. The molecule has 12 heteroatoms. The quantitative estimate of drug-likeness (QED) is 0.357. The van der Waals surface area contributed by atoms with Crippen LogP contribution < -0.4 is 14.4 Å². The predicted octanol–water partition coefficient (Wildman–Crippen LogP) is 6.39. The number of carboxylic acid groups (broad SMARTS) is 1. The number of likely N-dealkylation sites (N-methyl/N-ethyl adjacent to an activating group) is 1. The number of nitrogens with zero attached hydrogens (tertiary/aromatic N) is 1. The summed E-state index contributed by atoms with van der Waals surface area (Å²) in [5, 5.41) is 20.2. The number of alkyl halides is 3. The van der Waals surface area contributed by atoms with Crippen LogP contribution in [0.25, 0.3) is 0 Å². The van der Waals surface area contributed by atoms with E-state index >= 15 is 0 Å². The molecule has 7 nitrogen and oxygen atoms in total. The zero-order chi connectivity index (χ0) is 28.0. The van der Waals surface area contributed by atoms with Gasteiger partial charge < -0.3 is 24.6 Å². The minimum absolute atomic E-state index is 0.0552. The number of benzene rings is 3. The molecule has 4 rings (SSSR count). The summed E-state index contributed by atoms with van der Waals surface area (Å²) in [6, 6.07) is 11.2. The van der Waals surface area contributed by atoms with Gasteiger partial charge >= 0.3 is 12.1 Å². The molecule has 0 aromatic heterocycles. The lowest BCUT2D eigenvalue weighted by molar-refractivity contribution is -0.274. The molecule has 0 fully saturated rings. The molecule has 0 radical (unpaired) electrons. The third kappa shape index (κ3) is 4.87. The Balaban J connectivity index is 1.75. The maximum atomic E-state index is 14.6. The van der Waals surface area contributed by atoms with Crippen molar-refractivity contribution in [2.75, 3.05) is 18.6 Å². The molecule has 0 spiro atoms. The average molecular weight is 570 g/mol. The van der Waals surface area contributed by atoms with Crippen molar-refractivity contribution in [1.82, 2.24) is 0 Å². The van der Waals surface area contributed by atoms with E-state index in [0.29, 0.717) is 0 Å². The summed E-state index contributed by atoms with van der Waals surface area (Å²) in [5.74, 6) is -2.92. The lowest BCUT2D eigenvalue weighted by Gasteiger charge is -2.38. The minimum Gasteiger partial charge on any atom is -0.482 e. The summed E-state index contributed by atoms with van der Waals surface area (Å²) in [4.78, 5) is 24.4. The van der Waals surface area contributed by atoms with Crippen LogP contribution >= 0.6 is 23.2 Å². The fraction of sp³-hybridized carbons (Fsp3) is 0.231. The van der Waals surface area contributed by atoms with Gasteiger partial charge in [0, 0.05) is 24.1 Å². The molecule has 3 aromatic rings. The number of aromatic carboxylic acids is 1. The van der Waals surface area contributed by atoms with Crippen molar-refractivity contribution in [1.29, 1.82) is 0 Å². The molecule has 1 amide bonds. The highest BCUT2D eigenvalue weighted by molar-refractivity contribution is 6.33. The molecule has 0 unspecified atom stereocenters. The number of rotatable bonds is 6. The van der Waals surface area contributed by atoms with E-state index in [1.807, 2.05) is 0 Å². The van der Waals surface area contributed by atoms with Gasteiger partial charge in [0.25, 0.3) is 5.91 Å². The maximum absolute atomic E-state index is 14.6. The molecule has 0 saturated heterocycles. The Kier molecular flexibility index (Phi) is 7.26. The Morgan fingerprint density at radius 3 is 2.34 bits per heavy atom. The summed E-state index contributed by atoms with van der Waals surface area (Å²) in [6.45, 7) is 0.914. The molecular weight excluding hydrogens is 550 g/mol. The summed E-state index contributed by atoms with van der Waals surface area (Å²) in [7, 11) is 1.40. The maximum Gasteiger partial charge on any atom is 0.422 e. The van der Waals surface area contributed by atoms with Crippen LogP contribution in [-0.2, 0) is 10.4 Å². The number of anilines is 1. The predicted molar refractivity (Wildman–Crippen MR) is 134 cm³/mol. The number of fused-ring (bicyclic) bond motifs is 1. The van der Waals surface area contributed by atoms with Crippen molar-refractivity contribution < 1.29 is 42.4 Å². The van der Waals surface area contributed by atoms with Crippen LogP contribution in [0.2, 0.25) is 10.0 Å². The number of halogens is 5. The van der Waals surface area contributed by atoms with Crippen molar-refractivity contribution in [3.63, 3.8) is 0 Å². The first-order valence-corrected chi connectivity index (χ1v) is 11.8. The standard InChI is InChI=1S/C26H20Cl2F3NO6/c1-13(18-10-15(5-7-19(18)27)38-16-4-6-17(24(34)35)20(28)11-16)25(36,26(29,30)31)14-3-8-22-21(9-14)32(2)23(33)12-37-22/h3-11,13,36H,12H2,1-2H3,(H,34,35)/t13-,25-/m0/s1. The first-order chi connectivity index (χ1) is 17.7. The normalized spacial score (nSPS) is 15.8. The Morgan fingerprint density at radius 1 is 1.05 bits per heavy atom. The van der Waals surface area contributed by atoms with Gasteiger partial charge in [-0.3, -0.25) is 4.79 Å². The molecule has 2 atom stereocenters. The van der Waals surface area contributed by atoms with Crippen molar-refractivity contribution in [3.8, 4) is 17.2 Å². The lowest BCUT2D eigenvalue weighted by atomic mass is 9.77. The summed E-state index contributed by atoms with van der Waals surface area (Å²) < 4.78 is 54.7. The summed E-state index contributed by atoms with van der Waals surface area (Å²) >= 11 is 12.3. The van der Waals surface area contributed by atoms with Crippen molar-refractivity contribution in [2.24, 2.45) is 0 Å². The zero-order valence-corrected chi connectivity index (χ0v) is 21.4. The Bertz CT molecular complexity index is 1430. The van der Waals surface area contributed by atoms with Gasteiger partial charge in [-0.25, -0.2) is 4.79 Å². The topological polar surface area (TPSA) is 96.3 Å². The highest BCUT2D eigenvalue weighted by Crippen LogP contribution is 2.51. The van der Waals surface area contributed by atoms with E-state index in [2.05, 4.69) is 0 Å². The second-order valence-corrected chi connectivity index (χ2v) is 9.46. The molecule has 1 aliphatic heterocycles. The average Bonchev–Trinajstić information content (AvgIpc) is 2.85. The van der Waals surface area contributed by atoms with E-state index < -0.39 is 35.1 Å². The van der Waals surface area contributed by atoms with Crippen LogP contribution in [-0.4, -0.2) is 41.9 Å². The number of amides is 1. The number of ether oxygens (including phenoxy) is 2. The van der Waals surface area contributed by atoms with Gasteiger partial charge in [-0.1, -0.05) is 36.2 Å². The third-order valence-corrected chi connectivity index (χ3v) is 7.04. The number of hydrogen-bond acceptors (Lipinski definition) is 5. The SMILES string of the molecule is C[C@@H](c1cc(Oc2ccc(C(=O)O)c(Cl)c2)ccc1Cl)[C@](O)(c1ccc2c(c1)N(C)C(=O)CO2)C(F)(F)F. The molecule has 38 heavy (non-hydrogen) atoms. The lowest BCUT2D eigenvalue weighted by Crippen LogP contribution is -2.47. The zero-order valence-electron chi connectivity index (χ0n) is 19.8. The van der Waals surface area contributed by atoms with E-state index in [1.165, 1.54) is 56.4 Å². The van der Waals surface area contributed by atoms with E-state index in [9.17, 15) is 27.9 Å². The van der Waals surface area contributed by atoms with Crippen LogP contribution in [0.15, 0.2) is 54.6 Å². The van der Waals surface area contributed by atoms with Gasteiger partial charge in [0.1, 0.15) is 17.2 Å². The second-order valence-electron chi connectivity index (χ2n) is 8.64. The minimum atomic E-state index is -5.15. The molecule has 1 heterocycles. The van der Waals surface area contributed by atoms with Gasteiger partial charge in [0.2, 0.25) is 0 Å². The van der Waals surface area contributed by atoms with E-state index in [0.717, 1.165) is 17.0 Å². The van der Waals surface area contributed by atoms with Gasteiger partial charge in [-0.15, -0.1) is 0 Å². The van der Waals surface area contributed by atoms with Gasteiger partial charge in [0.05, 0.1) is 16.3 Å². The monoisotopic (exact) mass is 569 g/mol. The van der Waals surface area contributed by atoms with Crippen LogP contribution in [0.1, 0.15) is 34.3 Å². The number of carbonyl (C=O) groups excluding carboxylic acids is 1. The van der Waals surface area contributed by atoms with Gasteiger partial charge in [-0.05, 0) is 53.6 Å². The van der Waals surface area contributed by atoms with Crippen molar-refractivity contribution in [3.05, 3.63) is 81.3 Å². The second kappa shape index (κ2) is 10.0. The van der Waals surface area contributed by atoms with Crippen LogP contribution in [0.3, 0.4) is 0 Å². The molecular formula is C26H20Cl2F3NO6. The smallest absolute Gasteiger partial charge is 0.422 e. The van der Waals surface area contributed by atoms with Crippen molar-refractivity contribution >= 4 is 40.8 Å². The summed E-state index contributed by atoms with van der Waals surface area (Å²) in [5.41, 5.74) is -4.07. The van der Waals surface area contributed by atoms with Crippen LogP contribution in [0.5, 0.6) is 17.2 Å². The third-order valence-electron chi connectivity index (χ3n) is 6.39. The molecule has 0 bridgehead atoms.